The Morgan fingerprint density at radius 2 is 1.75 bits per heavy atom. The van der Waals surface area contributed by atoms with Crippen LogP contribution in [-0.4, -0.2) is 55.1 Å². The van der Waals surface area contributed by atoms with Crippen molar-refractivity contribution in [3.05, 3.63) is 77.0 Å². The van der Waals surface area contributed by atoms with Gasteiger partial charge in [-0.3, -0.25) is 4.79 Å². The van der Waals surface area contributed by atoms with Gasteiger partial charge < -0.3 is 24.7 Å². The Morgan fingerprint density at radius 1 is 1.07 bits per heavy atom. The number of nitrogens with zero attached hydrogens (tertiary/aromatic N) is 2. The Labute approximate surface area is 238 Å². The first-order valence-electron chi connectivity index (χ1n) is 14.2. The summed E-state index contributed by atoms with van der Waals surface area (Å²) in [4.78, 5) is 27.5. The first kappa shape index (κ1) is 32.8. The molecule has 2 aromatic carbocycles. The van der Waals surface area contributed by atoms with Crippen LogP contribution in [0.1, 0.15) is 58.4 Å². The second kappa shape index (κ2) is 18.8. The number of aliphatic hydroxyl groups is 1. The third kappa shape index (κ3) is 12.2. The fourth-order valence-electron chi connectivity index (χ4n) is 4.24. The fourth-order valence-corrected chi connectivity index (χ4v) is 4.24. The zero-order chi connectivity index (χ0) is 29.2. The Hall–Kier alpha value is -3.43. The second-order valence-corrected chi connectivity index (χ2v) is 9.72. The van der Waals surface area contributed by atoms with E-state index >= 15 is 0 Å². The molecular weight excluding hydrogens is 510 g/mol. The molecule has 220 valence electrons. The highest BCUT2D eigenvalue weighted by molar-refractivity contribution is 5.70. The Morgan fingerprint density at radius 3 is 2.25 bits per heavy atom. The van der Waals surface area contributed by atoms with Crippen molar-refractivity contribution >= 4 is 5.97 Å². The lowest BCUT2D eigenvalue weighted by atomic mass is 10.00. The predicted molar refractivity (Wildman–Crippen MR) is 157 cm³/mol. The molecule has 0 aromatic heterocycles. The Kier molecular flexibility index (Phi) is 15.4. The van der Waals surface area contributed by atoms with Gasteiger partial charge in [0, 0.05) is 13.0 Å². The minimum atomic E-state index is -0.810. The van der Waals surface area contributed by atoms with E-state index in [9.17, 15) is 14.8 Å². The summed E-state index contributed by atoms with van der Waals surface area (Å²) in [6.45, 7) is 7.85. The number of hydroxylamine groups is 2. The Bertz CT molecular complexity index is 1000. The lowest BCUT2D eigenvalue weighted by Crippen LogP contribution is -2.48. The number of aliphatic hydroxyl groups excluding tert-OH is 1. The molecular formula is C31H45N3O6. The molecule has 2 unspecified atom stereocenters. The standard InChI is InChI=1S/C27H39N3O4.C4H6O2/c1-5-11-27(29-32)28-25(18-22-12-9-8-10-13-22)26(31)20-30(19-21(6-2)7-3)34-24-16-14-23(33-4)15-17-24;5-4-2-1-3-6-4/h8-17,21,25-26,28,31H,5-7,18-20H2,1-4H3;1-3H2/b27-11-;. The average molecular weight is 556 g/mol. The van der Waals surface area contributed by atoms with E-state index in [1.54, 1.807) is 13.2 Å². The van der Waals surface area contributed by atoms with Gasteiger partial charge in [0.15, 0.2) is 5.82 Å². The SMILES string of the molecule is CC/C=C(\N=O)NC(Cc1ccccc1)C(O)CN(CC(CC)CC)Oc1ccc(OC)cc1.O=C1CCCO1. The van der Waals surface area contributed by atoms with E-state index in [1.807, 2.05) is 66.6 Å². The maximum absolute atomic E-state index is 11.3. The number of methoxy groups -OCH3 is 1. The van der Waals surface area contributed by atoms with Crippen LogP contribution in [0.15, 0.2) is 71.7 Å². The zero-order valence-corrected chi connectivity index (χ0v) is 24.3. The van der Waals surface area contributed by atoms with Gasteiger partial charge in [-0.25, -0.2) is 0 Å². The summed E-state index contributed by atoms with van der Waals surface area (Å²) in [7, 11) is 1.63. The minimum Gasteiger partial charge on any atom is -0.497 e. The van der Waals surface area contributed by atoms with Crippen LogP contribution in [0, 0.1) is 10.8 Å². The van der Waals surface area contributed by atoms with E-state index in [4.69, 9.17) is 9.57 Å². The predicted octanol–water partition coefficient (Wildman–Crippen LogP) is 5.63. The first-order chi connectivity index (χ1) is 19.4. The van der Waals surface area contributed by atoms with Crippen molar-refractivity contribution in [3.8, 4) is 11.5 Å². The van der Waals surface area contributed by atoms with Crippen LogP contribution in [-0.2, 0) is 16.0 Å². The van der Waals surface area contributed by atoms with Gasteiger partial charge in [0.2, 0.25) is 0 Å². The first-order valence-corrected chi connectivity index (χ1v) is 14.2. The molecule has 0 spiro atoms. The van der Waals surface area contributed by atoms with E-state index in [2.05, 4.69) is 29.1 Å². The van der Waals surface area contributed by atoms with E-state index in [0.717, 1.165) is 30.6 Å². The number of hydrogen-bond donors (Lipinski definition) is 2. The zero-order valence-electron chi connectivity index (χ0n) is 24.3. The van der Waals surface area contributed by atoms with Gasteiger partial charge in [-0.05, 0) is 66.3 Å². The van der Waals surface area contributed by atoms with Crippen molar-refractivity contribution in [2.24, 2.45) is 11.1 Å². The normalized spacial score (nSPS) is 14.7. The molecule has 0 amide bonds. The van der Waals surface area contributed by atoms with Gasteiger partial charge in [0.25, 0.3) is 0 Å². The summed E-state index contributed by atoms with van der Waals surface area (Å²) in [5.41, 5.74) is 1.06. The number of allylic oxidation sites excluding steroid dienone is 1. The molecule has 1 aliphatic heterocycles. The number of esters is 1. The molecule has 9 heteroatoms. The van der Waals surface area contributed by atoms with Crippen LogP contribution in [0.3, 0.4) is 0 Å². The number of cyclic esters (lactones) is 1. The van der Waals surface area contributed by atoms with Gasteiger partial charge in [-0.1, -0.05) is 63.9 Å². The molecule has 2 atom stereocenters. The number of rotatable bonds is 16. The maximum atomic E-state index is 11.3. The van der Waals surface area contributed by atoms with Crippen molar-refractivity contribution < 1.29 is 24.2 Å². The highest BCUT2D eigenvalue weighted by Crippen LogP contribution is 2.20. The average Bonchev–Trinajstić information content (AvgIpc) is 3.47. The monoisotopic (exact) mass is 555 g/mol. The number of nitroso groups, excluding NO2 is 1. The van der Waals surface area contributed by atoms with Crippen molar-refractivity contribution in [2.45, 2.75) is 71.4 Å². The number of ether oxygens (including phenoxy) is 2. The van der Waals surface area contributed by atoms with Gasteiger partial charge in [0.05, 0.1) is 32.4 Å². The molecule has 0 bridgehead atoms. The summed E-state index contributed by atoms with van der Waals surface area (Å²) in [6.07, 6.45) is 5.70. The smallest absolute Gasteiger partial charge is 0.305 e. The van der Waals surface area contributed by atoms with E-state index in [-0.39, 0.29) is 18.3 Å². The van der Waals surface area contributed by atoms with Gasteiger partial charge in [0.1, 0.15) is 11.5 Å². The molecule has 0 radical (unpaired) electrons. The van der Waals surface area contributed by atoms with Gasteiger partial charge in [-0.15, -0.1) is 9.97 Å². The van der Waals surface area contributed by atoms with Crippen LogP contribution in [0.5, 0.6) is 11.5 Å². The topological polar surface area (TPSA) is 110 Å². The fraction of sp³-hybridized carbons (Fsp3) is 0.516. The van der Waals surface area contributed by atoms with Gasteiger partial charge in [-0.2, -0.15) is 0 Å². The van der Waals surface area contributed by atoms with Crippen LogP contribution in [0.25, 0.3) is 0 Å². The number of hydrogen-bond acceptors (Lipinski definition) is 9. The molecule has 1 heterocycles. The lowest BCUT2D eigenvalue weighted by Gasteiger charge is -2.31. The molecule has 1 fully saturated rings. The van der Waals surface area contributed by atoms with Crippen molar-refractivity contribution in [2.75, 3.05) is 26.8 Å². The lowest BCUT2D eigenvalue weighted by molar-refractivity contribution is -0.137. The van der Waals surface area contributed by atoms with Crippen molar-refractivity contribution in [1.29, 1.82) is 0 Å². The van der Waals surface area contributed by atoms with Crippen molar-refractivity contribution in [3.63, 3.8) is 0 Å². The van der Waals surface area contributed by atoms with Crippen LogP contribution in [0.2, 0.25) is 0 Å². The quantitative estimate of drug-likeness (QED) is 0.156. The minimum absolute atomic E-state index is 0.0463. The maximum Gasteiger partial charge on any atom is 0.305 e. The molecule has 9 nitrogen and oxygen atoms in total. The summed E-state index contributed by atoms with van der Waals surface area (Å²) < 4.78 is 9.75. The number of nitrogens with one attached hydrogen (secondary N) is 1. The molecule has 1 saturated heterocycles. The summed E-state index contributed by atoms with van der Waals surface area (Å²) in [5.74, 6) is 2.05. The third-order valence-corrected chi connectivity index (χ3v) is 6.68. The van der Waals surface area contributed by atoms with Crippen LogP contribution in [0.4, 0.5) is 0 Å². The number of carbonyl (C=O) groups excluding carboxylic acids is 1. The van der Waals surface area contributed by atoms with Crippen molar-refractivity contribution in [1.82, 2.24) is 10.4 Å². The molecule has 2 N–H and O–H groups in total. The molecule has 3 rings (SSSR count). The van der Waals surface area contributed by atoms with E-state index in [1.165, 1.54) is 0 Å². The molecule has 40 heavy (non-hydrogen) atoms. The summed E-state index contributed by atoms with van der Waals surface area (Å²) in [6, 6.07) is 16.9. The third-order valence-electron chi connectivity index (χ3n) is 6.68. The Balaban J connectivity index is 0.000000821. The van der Waals surface area contributed by atoms with E-state index in [0.29, 0.717) is 44.1 Å². The van der Waals surface area contributed by atoms with Gasteiger partial charge >= 0.3 is 5.97 Å². The van der Waals surface area contributed by atoms with E-state index < -0.39 is 12.1 Å². The molecule has 0 aliphatic carbocycles. The molecule has 1 aliphatic rings. The van der Waals surface area contributed by atoms with Crippen LogP contribution >= 0.6 is 0 Å². The number of carbonyl (C=O) groups is 1. The highest BCUT2D eigenvalue weighted by atomic mass is 16.7. The second-order valence-electron chi connectivity index (χ2n) is 9.72. The summed E-state index contributed by atoms with van der Waals surface area (Å²) in [5, 5.41) is 19.4. The molecule has 0 saturated carbocycles. The largest absolute Gasteiger partial charge is 0.497 e. The highest BCUT2D eigenvalue weighted by Gasteiger charge is 2.25. The summed E-state index contributed by atoms with van der Waals surface area (Å²) >= 11 is 0. The number of benzene rings is 2. The molecule has 2 aromatic rings. The van der Waals surface area contributed by atoms with Crippen LogP contribution < -0.4 is 14.9 Å².